The molecule has 0 N–H and O–H groups in total. The minimum absolute atomic E-state index is 0.0283. The average molecular weight is 1400 g/mol. The molecule has 14 aromatic carbocycles. The molecule has 4 heterocycles. The zero-order valence-electron chi connectivity index (χ0n) is 65.2. The minimum atomic E-state index is -0.289. The summed E-state index contributed by atoms with van der Waals surface area (Å²) < 4.78 is 5.31. The molecule has 0 saturated carbocycles. The molecule has 2 aromatic heterocycles. The van der Waals surface area contributed by atoms with Gasteiger partial charge < -0.3 is 14.0 Å². The first-order valence-electron chi connectivity index (χ1n) is 38.8. The van der Waals surface area contributed by atoms with E-state index in [1.807, 2.05) is 0 Å². The Morgan fingerprint density at radius 1 is 0.231 bits per heavy atom. The zero-order valence-corrected chi connectivity index (χ0v) is 65.2. The molecule has 0 bridgehead atoms. The smallest absolute Gasteiger partial charge is 0.252 e. The van der Waals surface area contributed by atoms with Crippen molar-refractivity contribution < 1.29 is 0 Å². The SMILES string of the molecule is CC(C)(C)c1ccc(-c2cc3c4c(c2)c2ccccc2c2ccccc2c2ccccc2n4-c2cc(-c4cc(C(C)(C)C)cc(C(C)(C)C)c4)cc4c2B3c2ccc(-n3c5ccc(C(C)(C)C)cc5c5cc(C(C)(C)C)ccc53)cc2N4c2c(-c3ccccc3)cc(-c3ccccc3)cc2-c2ccccc2)cc1. The van der Waals surface area contributed by atoms with E-state index in [9.17, 15) is 0 Å². The highest BCUT2D eigenvalue weighted by Crippen LogP contribution is 2.53. The Balaban J connectivity index is 1.09. The van der Waals surface area contributed by atoms with E-state index in [0.717, 1.165) is 72.9 Å². The van der Waals surface area contributed by atoms with Crippen LogP contribution in [0.4, 0.5) is 17.1 Å². The summed E-state index contributed by atoms with van der Waals surface area (Å²) in [7, 11) is 0. The van der Waals surface area contributed by atoms with E-state index < -0.39 is 0 Å². The largest absolute Gasteiger partial charge is 0.310 e. The summed E-state index contributed by atoms with van der Waals surface area (Å²) in [6.07, 6.45) is 0. The molecule has 3 nitrogen and oxygen atoms in total. The second kappa shape index (κ2) is 25.1. The van der Waals surface area contributed by atoms with Gasteiger partial charge in [-0.1, -0.05) is 328 Å². The number of fused-ring (bicyclic) bond motifs is 14. The van der Waals surface area contributed by atoms with Crippen LogP contribution in [0.3, 0.4) is 0 Å². The number of para-hydroxylation sites is 1. The molecule has 16 aromatic rings. The van der Waals surface area contributed by atoms with Gasteiger partial charge in [0.1, 0.15) is 0 Å². The van der Waals surface area contributed by atoms with Gasteiger partial charge >= 0.3 is 0 Å². The third-order valence-electron chi connectivity index (χ3n) is 23.5. The lowest BCUT2D eigenvalue weighted by Gasteiger charge is -2.43. The van der Waals surface area contributed by atoms with E-state index >= 15 is 0 Å². The van der Waals surface area contributed by atoms with E-state index in [4.69, 9.17) is 0 Å². The predicted molar refractivity (Wildman–Crippen MR) is 468 cm³/mol. The van der Waals surface area contributed by atoms with Gasteiger partial charge in [0.15, 0.2) is 0 Å². The molecule has 2 aliphatic heterocycles. The molecule has 528 valence electrons. The van der Waals surface area contributed by atoms with Crippen LogP contribution >= 0.6 is 0 Å². The second-order valence-electron chi connectivity index (χ2n) is 35.8. The van der Waals surface area contributed by atoms with Crippen LogP contribution in [0, 0.1) is 0 Å². The topological polar surface area (TPSA) is 13.1 Å². The number of hydrogen-bond acceptors (Lipinski definition) is 1. The Bertz CT molecular complexity index is 6250. The van der Waals surface area contributed by atoms with Crippen molar-refractivity contribution in [3.8, 4) is 67.0 Å². The predicted octanol–water partition coefficient (Wildman–Crippen LogP) is 26.7. The zero-order chi connectivity index (χ0) is 74.7. The highest BCUT2D eigenvalue weighted by molar-refractivity contribution is 7.00. The second-order valence-corrected chi connectivity index (χ2v) is 35.8. The maximum atomic E-state index is 2.76. The van der Waals surface area contributed by atoms with Crippen molar-refractivity contribution in [3.63, 3.8) is 0 Å². The summed E-state index contributed by atoms with van der Waals surface area (Å²) in [5, 5.41) is 9.69. The summed E-state index contributed by atoms with van der Waals surface area (Å²) in [5.41, 5.74) is 31.7. The third-order valence-corrected chi connectivity index (χ3v) is 23.5. The summed E-state index contributed by atoms with van der Waals surface area (Å²) >= 11 is 0. The molecule has 108 heavy (non-hydrogen) atoms. The van der Waals surface area contributed by atoms with Crippen molar-refractivity contribution in [2.45, 2.75) is 131 Å². The van der Waals surface area contributed by atoms with E-state index in [0.29, 0.717) is 0 Å². The number of benzene rings is 14. The molecule has 0 radical (unpaired) electrons. The van der Waals surface area contributed by atoms with Crippen molar-refractivity contribution in [1.82, 2.24) is 9.13 Å². The molecule has 18 rings (SSSR count). The molecule has 0 fully saturated rings. The first-order chi connectivity index (χ1) is 51.7. The van der Waals surface area contributed by atoms with Crippen molar-refractivity contribution in [1.29, 1.82) is 0 Å². The molecule has 0 spiro atoms. The fourth-order valence-corrected chi connectivity index (χ4v) is 17.5. The van der Waals surface area contributed by atoms with Gasteiger partial charge in [-0.15, -0.1) is 0 Å². The molecule has 0 atom stereocenters. The monoisotopic (exact) mass is 1400 g/mol. The quantitative estimate of drug-likeness (QED) is 0.145. The van der Waals surface area contributed by atoms with Gasteiger partial charge in [-0.25, -0.2) is 0 Å². The maximum Gasteiger partial charge on any atom is 0.252 e. The lowest BCUT2D eigenvalue weighted by molar-refractivity contribution is 0.569. The first kappa shape index (κ1) is 68.4. The van der Waals surface area contributed by atoms with Crippen LogP contribution in [0.1, 0.15) is 132 Å². The van der Waals surface area contributed by atoms with Crippen LogP contribution < -0.4 is 21.3 Å². The molecule has 0 amide bonds. The van der Waals surface area contributed by atoms with Crippen molar-refractivity contribution in [2.75, 3.05) is 4.90 Å². The Kier molecular flexibility index (Phi) is 15.9. The van der Waals surface area contributed by atoms with Crippen LogP contribution in [0.5, 0.6) is 0 Å². The number of anilines is 3. The molecular weight excluding hydrogens is 1300 g/mol. The van der Waals surface area contributed by atoms with Crippen molar-refractivity contribution in [2.24, 2.45) is 0 Å². The van der Waals surface area contributed by atoms with Crippen LogP contribution in [0.15, 0.2) is 297 Å². The number of rotatable bonds is 7. The van der Waals surface area contributed by atoms with E-state index in [-0.39, 0.29) is 33.8 Å². The average Bonchev–Trinajstić information content (AvgIpc) is 0.915. The normalized spacial score (nSPS) is 13.1. The molecular formula is C104H94BN3. The minimum Gasteiger partial charge on any atom is -0.310 e. The summed E-state index contributed by atoms with van der Waals surface area (Å²) in [6.45, 7) is 34.9. The van der Waals surface area contributed by atoms with Crippen LogP contribution in [-0.4, -0.2) is 15.8 Å². The van der Waals surface area contributed by atoms with Crippen LogP contribution in [0.25, 0.3) is 132 Å². The molecule has 0 saturated heterocycles. The molecule has 4 heteroatoms. The van der Waals surface area contributed by atoms with E-state index in [1.54, 1.807) is 0 Å². The van der Waals surface area contributed by atoms with Gasteiger partial charge in [-0.3, -0.25) is 0 Å². The number of aromatic nitrogens is 2. The summed E-state index contributed by atoms with van der Waals surface area (Å²) in [6, 6.07) is 116. The Labute approximate surface area is 638 Å². The Morgan fingerprint density at radius 2 is 0.639 bits per heavy atom. The fraction of sp³-hybridized carbons (Fsp3) is 0.192. The van der Waals surface area contributed by atoms with Gasteiger partial charge in [0.2, 0.25) is 0 Å². The molecule has 0 aliphatic carbocycles. The Morgan fingerprint density at radius 3 is 1.16 bits per heavy atom. The van der Waals surface area contributed by atoms with Gasteiger partial charge in [0, 0.05) is 60.9 Å². The fourth-order valence-electron chi connectivity index (χ4n) is 17.5. The third kappa shape index (κ3) is 11.5. The first-order valence-corrected chi connectivity index (χ1v) is 38.8. The van der Waals surface area contributed by atoms with Crippen LogP contribution in [-0.2, 0) is 27.1 Å². The highest BCUT2D eigenvalue weighted by atomic mass is 15.2. The lowest BCUT2D eigenvalue weighted by Crippen LogP contribution is -2.60. The number of hydrogen-bond donors (Lipinski definition) is 0. The van der Waals surface area contributed by atoms with Gasteiger partial charge in [-0.05, 0) is 210 Å². The molecule has 2 aliphatic rings. The van der Waals surface area contributed by atoms with Crippen LogP contribution in [0.2, 0.25) is 0 Å². The van der Waals surface area contributed by atoms with Crippen molar-refractivity contribution in [3.05, 3.63) is 325 Å². The number of nitrogens with zero attached hydrogens (tertiary/aromatic N) is 3. The van der Waals surface area contributed by atoms with Gasteiger partial charge in [-0.2, -0.15) is 0 Å². The summed E-state index contributed by atoms with van der Waals surface area (Å²) in [5.74, 6) is 0. The standard InChI is InChI=1S/C104H94BN3/c1-100(2,3)73-45-43-66(44-46-73)71-57-88-82-40-28-26-38-80(82)79-37-25-27-39-81(79)83-41-29-30-42-91(83)107-95-59-72(69-53-76(103(10,11)12)61-77(54-69)104(13,14)15)60-96-97(95)105(90(58-71)99(88)107)89-50-49-78(106-92-51-47-74(101(4,5)6)62-86(92)87-63-75(102(7,8)9)48-52-93(87)106)64-94(89)108(96)98-84(67-33-21-17-22-34-67)55-70(65-31-19-16-20-32-65)56-85(98)68-35-23-18-24-36-68/h16-64H,1-15H3. The Hall–Kier alpha value is -11.5. The highest BCUT2D eigenvalue weighted by Gasteiger charge is 2.44. The lowest BCUT2D eigenvalue weighted by atomic mass is 9.33. The van der Waals surface area contributed by atoms with E-state index in [1.165, 1.54) is 121 Å². The van der Waals surface area contributed by atoms with Gasteiger partial charge in [0.25, 0.3) is 6.71 Å². The molecule has 0 unspecified atom stereocenters. The maximum absolute atomic E-state index is 2.76. The van der Waals surface area contributed by atoms with Gasteiger partial charge in [0.05, 0.1) is 22.2 Å². The van der Waals surface area contributed by atoms with Crippen molar-refractivity contribution >= 4 is 105 Å². The summed E-state index contributed by atoms with van der Waals surface area (Å²) in [4.78, 5) is 2.76. The van der Waals surface area contributed by atoms with E-state index in [2.05, 4.69) is 415 Å².